The maximum Gasteiger partial charge on any atom is 0.324 e. The van der Waals surface area contributed by atoms with Crippen LogP contribution in [0.5, 0.6) is 0 Å². The Labute approximate surface area is 98.2 Å². The molecule has 16 heavy (non-hydrogen) atoms. The molecule has 6 heteroatoms. The second kappa shape index (κ2) is 4.90. The summed E-state index contributed by atoms with van der Waals surface area (Å²) < 4.78 is 0. The average molecular weight is 241 g/mol. The molecule has 2 rings (SSSR count). The van der Waals surface area contributed by atoms with E-state index < -0.39 is 0 Å². The zero-order valence-electron chi connectivity index (χ0n) is 9.18. The number of piperazine rings is 1. The van der Waals surface area contributed by atoms with Gasteiger partial charge in [0.2, 0.25) is 0 Å². The summed E-state index contributed by atoms with van der Waals surface area (Å²) in [6.45, 7) is 5.98. The lowest BCUT2D eigenvalue weighted by Crippen LogP contribution is -2.49. The molecule has 0 unspecified atom stereocenters. The van der Waals surface area contributed by atoms with E-state index in [0.29, 0.717) is 6.04 Å². The number of hydrogen-bond acceptors (Lipinski definition) is 5. The molecule has 1 aliphatic heterocycles. The number of rotatable bonds is 3. The van der Waals surface area contributed by atoms with Gasteiger partial charge < -0.3 is 5.32 Å². The number of nitrogens with one attached hydrogen (secondary N) is 1. The molecule has 1 fully saturated rings. The Morgan fingerprint density at radius 1 is 1.75 bits per heavy atom. The van der Waals surface area contributed by atoms with Crippen molar-refractivity contribution in [2.45, 2.75) is 19.5 Å². The molecular weight excluding hydrogens is 226 g/mol. The molecular formula is C10H15N3O2S. The van der Waals surface area contributed by atoms with E-state index >= 15 is 0 Å². The number of thiophene rings is 1. The SMILES string of the molecule is C[C@H]1CNCCN1Cc1csc([N+](=O)[O-])c1. The Bertz CT molecular complexity index is 380. The van der Waals surface area contributed by atoms with Gasteiger partial charge in [0.1, 0.15) is 0 Å². The second-order valence-electron chi connectivity index (χ2n) is 4.07. The molecule has 0 aliphatic carbocycles. The molecule has 0 bridgehead atoms. The van der Waals surface area contributed by atoms with Gasteiger partial charge in [0, 0.05) is 43.7 Å². The largest absolute Gasteiger partial charge is 0.324 e. The van der Waals surface area contributed by atoms with Crippen LogP contribution in [0.25, 0.3) is 0 Å². The van der Waals surface area contributed by atoms with Crippen molar-refractivity contribution in [1.29, 1.82) is 0 Å². The van der Waals surface area contributed by atoms with E-state index in [0.717, 1.165) is 31.7 Å². The highest BCUT2D eigenvalue weighted by atomic mass is 32.1. The fourth-order valence-corrected chi connectivity index (χ4v) is 2.61. The van der Waals surface area contributed by atoms with Crippen molar-refractivity contribution in [1.82, 2.24) is 10.2 Å². The minimum Gasteiger partial charge on any atom is -0.314 e. The molecule has 0 amide bonds. The highest BCUT2D eigenvalue weighted by Gasteiger charge is 2.19. The van der Waals surface area contributed by atoms with E-state index in [-0.39, 0.29) is 9.92 Å². The monoisotopic (exact) mass is 241 g/mol. The first-order valence-electron chi connectivity index (χ1n) is 5.33. The van der Waals surface area contributed by atoms with Crippen LogP contribution < -0.4 is 5.32 Å². The third kappa shape index (κ3) is 2.58. The molecule has 0 aromatic carbocycles. The first-order chi connectivity index (χ1) is 7.66. The maximum atomic E-state index is 10.6. The summed E-state index contributed by atoms with van der Waals surface area (Å²) in [6.07, 6.45) is 0. The summed E-state index contributed by atoms with van der Waals surface area (Å²) in [5.41, 5.74) is 1.05. The van der Waals surface area contributed by atoms with E-state index in [1.165, 1.54) is 11.3 Å². The molecule has 0 radical (unpaired) electrons. The minimum absolute atomic E-state index is 0.234. The maximum absolute atomic E-state index is 10.6. The predicted octanol–water partition coefficient (Wildman–Crippen LogP) is 1.45. The Morgan fingerprint density at radius 3 is 3.19 bits per heavy atom. The van der Waals surface area contributed by atoms with Crippen molar-refractivity contribution < 1.29 is 4.92 Å². The highest BCUT2D eigenvalue weighted by molar-refractivity contribution is 7.13. The molecule has 1 aliphatic rings. The van der Waals surface area contributed by atoms with Crippen LogP contribution in [-0.4, -0.2) is 35.5 Å². The fourth-order valence-electron chi connectivity index (χ4n) is 1.89. The normalized spacial score (nSPS) is 22.2. The number of nitrogens with zero attached hydrogens (tertiary/aromatic N) is 2. The lowest BCUT2D eigenvalue weighted by Gasteiger charge is -2.33. The molecule has 0 spiro atoms. The van der Waals surface area contributed by atoms with Crippen molar-refractivity contribution in [3.8, 4) is 0 Å². The third-order valence-corrected chi connectivity index (χ3v) is 3.77. The van der Waals surface area contributed by atoms with Gasteiger partial charge in [0.25, 0.3) is 0 Å². The molecule has 1 aromatic rings. The topological polar surface area (TPSA) is 58.4 Å². The van der Waals surface area contributed by atoms with Crippen LogP contribution in [0.3, 0.4) is 0 Å². The van der Waals surface area contributed by atoms with E-state index in [1.54, 1.807) is 6.07 Å². The number of hydrogen-bond donors (Lipinski definition) is 1. The van der Waals surface area contributed by atoms with Crippen LogP contribution in [0.2, 0.25) is 0 Å². The van der Waals surface area contributed by atoms with E-state index in [2.05, 4.69) is 17.1 Å². The summed E-state index contributed by atoms with van der Waals surface area (Å²) in [4.78, 5) is 12.6. The van der Waals surface area contributed by atoms with Gasteiger partial charge in [-0.2, -0.15) is 0 Å². The van der Waals surface area contributed by atoms with Crippen molar-refractivity contribution >= 4 is 16.3 Å². The fraction of sp³-hybridized carbons (Fsp3) is 0.600. The number of nitro groups is 1. The van der Waals surface area contributed by atoms with Crippen LogP contribution in [0.4, 0.5) is 5.00 Å². The molecule has 88 valence electrons. The van der Waals surface area contributed by atoms with Gasteiger partial charge >= 0.3 is 5.00 Å². The Morgan fingerprint density at radius 2 is 2.56 bits per heavy atom. The van der Waals surface area contributed by atoms with E-state index in [9.17, 15) is 10.1 Å². The van der Waals surface area contributed by atoms with Gasteiger partial charge in [0.05, 0.1) is 4.92 Å². The highest BCUT2D eigenvalue weighted by Crippen LogP contribution is 2.24. The van der Waals surface area contributed by atoms with Crippen LogP contribution >= 0.6 is 11.3 Å². The molecule has 1 N–H and O–H groups in total. The summed E-state index contributed by atoms with van der Waals surface area (Å²) in [7, 11) is 0. The Balaban J connectivity index is 1.99. The molecule has 1 aromatic heterocycles. The molecule has 1 atom stereocenters. The lowest BCUT2D eigenvalue weighted by atomic mass is 10.2. The molecule has 5 nitrogen and oxygen atoms in total. The molecule has 1 saturated heterocycles. The van der Waals surface area contributed by atoms with E-state index in [4.69, 9.17) is 0 Å². The molecule has 0 saturated carbocycles. The van der Waals surface area contributed by atoms with Gasteiger partial charge in [0.15, 0.2) is 0 Å². The summed E-state index contributed by atoms with van der Waals surface area (Å²) in [5, 5.41) is 16.0. The quantitative estimate of drug-likeness (QED) is 0.643. The first kappa shape index (κ1) is 11.5. The predicted molar refractivity (Wildman–Crippen MR) is 63.7 cm³/mol. The van der Waals surface area contributed by atoms with Crippen LogP contribution in [0.1, 0.15) is 12.5 Å². The third-order valence-electron chi connectivity index (χ3n) is 2.84. The zero-order valence-corrected chi connectivity index (χ0v) is 10.00. The minimum atomic E-state index is -0.324. The lowest BCUT2D eigenvalue weighted by molar-refractivity contribution is -0.380. The van der Waals surface area contributed by atoms with Gasteiger partial charge in [-0.05, 0) is 12.5 Å². The van der Waals surface area contributed by atoms with Gasteiger partial charge in [-0.15, -0.1) is 0 Å². The second-order valence-corrected chi connectivity index (χ2v) is 4.96. The van der Waals surface area contributed by atoms with Gasteiger partial charge in [-0.25, -0.2) is 0 Å². The first-order valence-corrected chi connectivity index (χ1v) is 6.21. The van der Waals surface area contributed by atoms with Crippen molar-refractivity contribution in [2.24, 2.45) is 0 Å². The van der Waals surface area contributed by atoms with Crippen molar-refractivity contribution in [2.75, 3.05) is 19.6 Å². The zero-order chi connectivity index (χ0) is 11.5. The average Bonchev–Trinajstić information content (AvgIpc) is 2.70. The van der Waals surface area contributed by atoms with Gasteiger partial charge in [-0.1, -0.05) is 11.3 Å². The molecule has 2 heterocycles. The van der Waals surface area contributed by atoms with Crippen molar-refractivity contribution in [3.05, 3.63) is 27.1 Å². The summed E-state index contributed by atoms with van der Waals surface area (Å²) in [5.74, 6) is 0. The Kier molecular flexibility index (Phi) is 3.52. The van der Waals surface area contributed by atoms with Gasteiger partial charge in [-0.3, -0.25) is 15.0 Å². The van der Waals surface area contributed by atoms with E-state index in [1.807, 2.05) is 5.38 Å². The van der Waals surface area contributed by atoms with Crippen LogP contribution in [-0.2, 0) is 6.54 Å². The summed E-state index contributed by atoms with van der Waals surface area (Å²) in [6, 6.07) is 2.17. The smallest absolute Gasteiger partial charge is 0.314 e. The summed E-state index contributed by atoms with van der Waals surface area (Å²) >= 11 is 1.21. The van der Waals surface area contributed by atoms with Crippen LogP contribution in [0.15, 0.2) is 11.4 Å². The van der Waals surface area contributed by atoms with Crippen molar-refractivity contribution in [3.63, 3.8) is 0 Å². The Hall–Kier alpha value is -0.980. The van der Waals surface area contributed by atoms with Crippen LogP contribution in [0, 0.1) is 10.1 Å². The standard InChI is InChI=1S/C10H15N3O2S/c1-8-5-11-2-3-12(8)6-9-4-10(13(14)15)16-7-9/h4,7-8,11H,2-3,5-6H2,1H3/t8-/m0/s1.